The Bertz CT molecular complexity index is 1260. The fourth-order valence-corrected chi connectivity index (χ4v) is 4.55. The molecular weight excluding hydrogens is 588 g/mol. The van der Waals surface area contributed by atoms with Crippen molar-refractivity contribution in [3.63, 3.8) is 0 Å². The van der Waals surface area contributed by atoms with Crippen molar-refractivity contribution in [1.29, 1.82) is 0 Å². The summed E-state index contributed by atoms with van der Waals surface area (Å²) in [5, 5.41) is 10.4. The van der Waals surface area contributed by atoms with E-state index in [-0.39, 0.29) is 25.3 Å². The first-order valence-electron chi connectivity index (χ1n) is 13.5. The van der Waals surface area contributed by atoms with Crippen LogP contribution in [0.15, 0.2) is 66.7 Å². The van der Waals surface area contributed by atoms with Crippen LogP contribution in [0.3, 0.4) is 0 Å². The number of hydrogen-bond acceptors (Lipinski definition) is 6. The molecule has 1 atom stereocenters. The second-order valence-corrected chi connectivity index (χ2v) is 10.2. The third kappa shape index (κ3) is 11.9. The Morgan fingerprint density at radius 1 is 0.881 bits per heavy atom. The highest BCUT2D eigenvalue weighted by Gasteiger charge is 2.18. The molecule has 3 aromatic rings. The van der Waals surface area contributed by atoms with Crippen molar-refractivity contribution in [2.75, 3.05) is 32.9 Å². The summed E-state index contributed by atoms with van der Waals surface area (Å²) in [6, 6.07) is 17.5. The number of nitrogens with zero attached hydrogens (tertiary/aromatic N) is 1. The molecule has 1 unspecified atom stereocenters. The smallest absolute Gasteiger partial charge is 0.415 e. The zero-order valence-electron chi connectivity index (χ0n) is 23.3. The second kappa shape index (κ2) is 17.6. The maximum absolute atomic E-state index is 13.3. The van der Waals surface area contributed by atoms with Crippen LogP contribution in [-0.4, -0.2) is 61.1 Å². The Morgan fingerprint density at radius 2 is 1.55 bits per heavy atom. The molecule has 0 fully saturated rings. The molecule has 11 heteroatoms. The van der Waals surface area contributed by atoms with Crippen LogP contribution in [0.25, 0.3) is 0 Å². The minimum Gasteiger partial charge on any atom is -0.492 e. The summed E-state index contributed by atoms with van der Waals surface area (Å²) in [6.45, 7) is 3.73. The van der Waals surface area contributed by atoms with Gasteiger partial charge < -0.3 is 29.0 Å². The summed E-state index contributed by atoms with van der Waals surface area (Å²) in [4.78, 5) is 25.8. The van der Waals surface area contributed by atoms with E-state index in [1.54, 1.807) is 49.4 Å². The molecule has 1 amide bonds. The number of carbonyl (C=O) groups is 2. The number of carbonyl (C=O) groups excluding carboxylic acids is 1. The molecule has 0 radical (unpaired) electrons. The molecule has 1 N–H and O–H groups in total. The Labute approximate surface area is 254 Å². The number of carboxylic acids is 1. The van der Waals surface area contributed by atoms with Gasteiger partial charge in [-0.05, 0) is 85.5 Å². The van der Waals surface area contributed by atoms with Crippen molar-refractivity contribution < 1.29 is 38.0 Å². The van der Waals surface area contributed by atoms with E-state index in [0.29, 0.717) is 55.0 Å². The molecule has 0 saturated heterocycles. The summed E-state index contributed by atoms with van der Waals surface area (Å²) in [7, 11) is 0. The molecular formula is C31H34Cl2FNO7. The van der Waals surface area contributed by atoms with E-state index in [1.165, 1.54) is 29.2 Å². The summed E-state index contributed by atoms with van der Waals surface area (Å²) >= 11 is 12.1. The van der Waals surface area contributed by atoms with Crippen LogP contribution in [0.4, 0.5) is 9.18 Å². The van der Waals surface area contributed by atoms with Crippen LogP contribution in [-0.2, 0) is 27.3 Å². The van der Waals surface area contributed by atoms with E-state index < -0.39 is 24.0 Å². The maximum atomic E-state index is 13.3. The Kier molecular flexibility index (Phi) is 13.8. The monoisotopic (exact) mass is 621 g/mol. The lowest BCUT2D eigenvalue weighted by Gasteiger charge is -2.22. The summed E-state index contributed by atoms with van der Waals surface area (Å²) in [6.07, 6.45) is 0.0847. The van der Waals surface area contributed by atoms with E-state index in [4.69, 9.17) is 42.1 Å². The Morgan fingerprint density at radius 3 is 2.19 bits per heavy atom. The number of aliphatic carboxylic acids is 1. The average Bonchev–Trinajstić information content (AvgIpc) is 2.95. The third-order valence-corrected chi connectivity index (χ3v) is 6.49. The third-order valence-electron chi connectivity index (χ3n) is 6.05. The van der Waals surface area contributed by atoms with Gasteiger partial charge in [0.1, 0.15) is 23.9 Å². The number of amides is 1. The number of halogens is 3. The highest BCUT2D eigenvalue weighted by molar-refractivity contribution is 6.34. The first-order chi connectivity index (χ1) is 20.2. The largest absolute Gasteiger partial charge is 0.492 e. The van der Waals surface area contributed by atoms with Crippen LogP contribution in [0, 0.1) is 5.82 Å². The molecule has 3 aromatic carbocycles. The van der Waals surface area contributed by atoms with Crippen molar-refractivity contribution in [1.82, 2.24) is 4.90 Å². The number of hydrogen-bond donors (Lipinski definition) is 1. The molecule has 0 aromatic heterocycles. The second-order valence-electron chi connectivity index (χ2n) is 9.33. The van der Waals surface area contributed by atoms with E-state index in [0.717, 1.165) is 11.1 Å². The van der Waals surface area contributed by atoms with Gasteiger partial charge in [-0.25, -0.2) is 14.0 Å². The first kappa shape index (κ1) is 33.1. The van der Waals surface area contributed by atoms with Gasteiger partial charge in [0.15, 0.2) is 6.10 Å². The molecule has 0 bridgehead atoms. The van der Waals surface area contributed by atoms with E-state index in [2.05, 4.69) is 0 Å². The van der Waals surface area contributed by atoms with Gasteiger partial charge in [0.25, 0.3) is 0 Å². The quantitative estimate of drug-likeness (QED) is 0.161. The Balaban J connectivity index is 1.49. The molecule has 0 heterocycles. The molecule has 0 spiro atoms. The lowest BCUT2D eigenvalue weighted by molar-refractivity contribution is -0.149. The lowest BCUT2D eigenvalue weighted by atomic mass is 10.1. The van der Waals surface area contributed by atoms with Gasteiger partial charge in [-0.3, -0.25) is 0 Å². The molecule has 0 aliphatic heterocycles. The van der Waals surface area contributed by atoms with Gasteiger partial charge in [0.2, 0.25) is 0 Å². The molecule has 226 valence electrons. The molecule has 0 saturated carbocycles. The molecule has 3 rings (SSSR count). The zero-order valence-corrected chi connectivity index (χ0v) is 24.8. The van der Waals surface area contributed by atoms with Crippen molar-refractivity contribution in [3.05, 3.63) is 93.7 Å². The van der Waals surface area contributed by atoms with Crippen molar-refractivity contribution in [3.8, 4) is 11.5 Å². The predicted octanol–water partition coefficient (Wildman–Crippen LogP) is 7.04. The zero-order chi connectivity index (χ0) is 30.3. The molecule has 0 aliphatic carbocycles. The number of benzene rings is 3. The number of carboxylic acid groups (broad SMARTS) is 1. The van der Waals surface area contributed by atoms with Crippen LogP contribution >= 0.6 is 23.2 Å². The van der Waals surface area contributed by atoms with Gasteiger partial charge in [-0.2, -0.15) is 0 Å². The fourth-order valence-electron chi connectivity index (χ4n) is 3.98. The highest BCUT2D eigenvalue weighted by Crippen LogP contribution is 2.20. The highest BCUT2D eigenvalue weighted by atomic mass is 35.5. The lowest BCUT2D eigenvalue weighted by Crippen LogP contribution is -2.37. The van der Waals surface area contributed by atoms with Crippen LogP contribution in [0.1, 0.15) is 30.9 Å². The number of ether oxygens (including phenoxy) is 4. The normalized spacial score (nSPS) is 11.6. The van der Waals surface area contributed by atoms with Crippen molar-refractivity contribution in [2.24, 2.45) is 0 Å². The van der Waals surface area contributed by atoms with Gasteiger partial charge >= 0.3 is 12.1 Å². The Hall–Kier alpha value is -3.37. The minimum absolute atomic E-state index is 0.195. The number of rotatable bonds is 17. The van der Waals surface area contributed by atoms with E-state index in [1.807, 2.05) is 0 Å². The van der Waals surface area contributed by atoms with Gasteiger partial charge in [-0.1, -0.05) is 35.3 Å². The fraction of sp³-hybridized carbons (Fsp3) is 0.355. The predicted molar refractivity (Wildman–Crippen MR) is 158 cm³/mol. The molecule has 0 aliphatic rings. The maximum Gasteiger partial charge on any atom is 0.415 e. The summed E-state index contributed by atoms with van der Waals surface area (Å²) in [5.74, 6) is -0.633. The van der Waals surface area contributed by atoms with Crippen molar-refractivity contribution >= 4 is 35.3 Å². The van der Waals surface area contributed by atoms with Gasteiger partial charge in [-0.15, -0.1) is 0 Å². The molecule has 42 heavy (non-hydrogen) atoms. The van der Waals surface area contributed by atoms with Crippen molar-refractivity contribution in [2.45, 2.75) is 38.9 Å². The summed E-state index contributed by atoms with van der Waals surface area (Å²) in [5.41, 5.74) is 1.67. The van der Waals surface area contributed by atoms with Crippen LogP contribution in [0.2, 0.25) is 10.0 Å². The topological polar surface area (TPSA) is 94.5 Å². The van der Waals surface area contributed by atoms with E-state index >= 15 is 0 Å². The minimum atomic E-state index is -1.01. The summed E-state index contributed by atoms with van der Waals surface area (Å²) < 4.78 is 35.5. The van der Waals surface area contributed by atoms with Gasteiger partial charge in [0, 0.05) is 36.2 Å². The SMILES string of the molecule is CCOC(Cc1ccc(OCCN(CCCCOCc2cc(Cl)cc(Cl)c2)C(=O)Oc2ccc(F)cc2)cc1)C(=O)O. The van der Waals surface area contributed by atoms with Crippen LogP contribution < -0.4 is 9.47 Å². The van der Waals surface area contributed by atoms with Crippen LogP contribution in [0.5, 0.6) is 11.5 Å². The average molecular weight is 623 g/mol. The van der Waals surface area contributed by atoms with E-state index in [9.17, 15) is 19.1 Å². The van der Waals surface area contributed by atoms with Gasteiger partial charge in [0.05, 0.1) is 13.2 Å². The number of unbranched alkanes of at least 4 members (excludes halogenated alkanes) is 1. The first-order valence-corrected chi connectivity index (χ1v) is 14.3. The molecule has 8 nitrogen and oxygen atoms in total. The standard InChI is InChI=1S/C31H34Cl2FNO7/c1-2-40-29(30(36)37)19-22-5-9-27(10-6-22)41-16-14-35(31(38)42-28-11-7-26(34)8-12-28)13-3-4-15-39-21-23-17-24(32)20-25(33)18-23/h5-12,17-18,20,29H,2-4,13-16,19,21H2,1H3,(H,36,37).